The molecule has 3 aromatic rings. The van der Waals surface area contributed by atoms with Crippen molar-refractivity contribution in [3.63, 3.8) is 0 Å². The predicted octanol–water partition coefficient (Wildman–Crippen LogP) is 4.39. The Bertz CT molecular complexity index is 1020. The monoisotopic (exact) mass is 451 g/mol. The van der Waals surface area contributed by atoms with Gasteiger partial charge in [-0.05, 0) is 54.9 Å². The number of aromatic nitrogens is 3. The van der Waals surface area contributed by atoms with Gasteiger partial charge < -0.3 is 10.1 Å². The number of ether oxygens (including phenoxy) is 1. The van der Waals surface area contributed by atoms with E-state index >= 15 is 0 Å². The SMILES string of the molecule is Cn1cc2ccc(NC(=O)c3nc(Br)sc3NC(=O)OC(C)(C)C)cc2n1. The quantitative estimate of drug-likeness (QED) is 0.614. The molecule has 8 nitrogen and oxygen atoms in total. The van der Waals surface area contributed by atoms with Crippen molar-refractivity contribution in [2.75, 3.05) is 10.6 Å². The van der Waals surface area contributed by atoms with E-state index in [4.69, 9.17) is 4.74 Å². The number of anilines is 2. The number of thiazole rings is 1. The van der Waals surface area contributed by atoms with Gasteiger partial charge in [-0.2, -0.15) is 5.10 Å². The van der Waals surface area contributed by atoms with Crippen LogP contribution in [-0.2, 0) is 11.8 Å². The Morgan fingerprint density at radius 3 is 2.70 bits per heavy atom. The Balaban J connectivity index is 1.78. The van der Waals surface area contributed by atoms with E-state index in [1.807, 2.05) is 19.3 Å². The summed E-state index contributed by atoms with van der Waals surface area (Å²) in [5, 5.41) is 10.9. The number of rotatable bonds is 3. The molecule has 142 valence electrons. The zero-order chi connectivity index (χ0) is 19.8. The van der Waals surface area contributed by atoms with Gasteiger partial charge >= 0.3 is 6.09 Å². The first-order valence-electron chi connectivity index (χ1n) is 8.02. The van der Waals surface area contributed by atoms with Crippen LogP contribution < -0.4 is 10.6 Å². The van der Waals surface area contributed by atoms with E-state index in [2.05, 4.69) is 36.6 Å². The Morgan fingerprint density at radius 1 is 1.26 bits per heavy atom. The van der Waals surface area contributed by atoms with Crippen molar-refractivity contribution in [1.29, 1.82) is 0 Å². The van der Waals surface area contributed by atoms with Gasteiger partial charge in [0.2, 0.25) is 0 Å². The molecule has 10 heteroatoms. The summed E-state index contributed by atoms with van der Waals surface area (Å²) in [6, 6.07) is 5.43. The number of carbonyl (C=O) groups excluding carboxylic acids is 2. The number of hydrogen-bond donors (Lipinski definition) is 2. The van der Waals surface area contributed by atoms with Crippen LogP contribution in [-0.4, -0.2) is 32.4 Å². The topological polar surface area (TPSA) is 98.1 Å². The van der Waals surface area contributed by atoms with Gasteiger partial charge in [-0.1, -0.05) is 11.3 Å². The average Bonchev–Trinajstić information content (AvgIpc) is 3.06. The van der Waals surface area contributed by atoms with Crippen LogP contribution in [0.1, 0.15) is 31.3 Å². The number of hydrogen-bond acceptors (Lipinski definition) is 6. The summed E-state index contributed by atoms with van der Waals surface area (Å²) in [4.78, 5) is 28.8. The summed E-state index contributed by atoms with van der Waals surface area (Å²) in [5.74, 6) is -0.446. The molecule has 2 N–H and O–H groups in total. The van der Waals surface area contributed by atoms with Gasteiger partial charge in [-0.15, -0.1) is 0 Å². The minimum Gasteiger partial charge on any atom is -0.444 e. The number of nitrogens with zero attached hydrogens (tertiary/aromatic N) is 3. The summed E-state index contributed by atoms with van der Waals surface area (Å²) in [6.07, 6.45) is 1.24. The number of fused-ring (bicyclic) bond motifs is 1. The van der Waals surface area contributed by atoms with E-state index in [1.54, 1.807) is 37.6 Å². The second-order valence-corrected chi connectivity index (χ2v) is 9.08. The molecule has 0 unspecified atom stereocenters. The lowest BCUT2D eigenvalue weighted by Gasteiger charge is -2.19. The van der Waals surface area contributed by atoms with Crippen molar-refractivity contribution < 1.29 is 14.3 Å². The van der Waals surface area contributed by atoms with Gasteiger partial charge in [0.15, 0.2) is 9.61 Å². The van der Waals surface area contributed by atoms with Crippen LogP contribution in [0.2, 0.25) is 0 Å². The van der Waals surface area contributed by atoms with Gasteiger partial charge in [-0.3, -0.25) is 14.8 Å². The Morgan fingerprint density at radius 2 is 2.00 bits per heavy atom. The molecule has 0 atom stereocenters. The normalized spacial score (nSPS) is 11.4. The fourth-order valence-corrected chi connectivity index (χ4v) is 3.67. The zero-order valence-electron chi connectivity index (χ0n) is 15.2. The van der Waals surface area contributed by atoms with Crippen LogP contribution in [0.25, 0.3) is 10.9 Å². The molecule has 3 rings (SSSR count). The van der Waals surface area contributed by atoms with Crippen LogP contribution in [0.4, 0.5) is 15.5 Å². The molecule has 0 spiro atoms. The summed E-state index contributed by atoms with van der Waals surface area (Å²) in [7, 11) is 1.83. The number of carbonyl (C=O) groups is 2. The number of halogens is 1. The molecule has 0 fully saturated rings. The molecule has 0 aliphatic heterocycles. The zero-order valence-corrected chi connectivity index (χ0v) is 17.6. The highest BCUT2D eigenvalue weighted by Crippen LogP contribution is 2.30. The molecule has 0 aliphatic carbocycles. The molecule has 2 aromatic heterocycles. The Hall–Kier alpha value is -2.46. The second-order valence-electron chi connectivity index (χ2n) is 6.80. The molecule has 2 amide bonds. The molecular formula is C17H18BrN5O3S. The third-order valence-electron chi connectivity index (χ3n) is 3.31. The molecule has 0 aliphatic rings. The molecule has 1 aromatic carbocycles. The summed E-state index contributed by atoms with van der Waals surface area (Å²) >= 11 is 4.38. The molecule has 27 heavy (non-hydrogen) atoms. The van der Waals surface area contributed by atoms with Gasteiger partial charge in [0.25, 0.3) is 5.91 Å². The predicted molar refractivity (Wildman–Crippen MR) is 108 cm³/mol. The largest absolute Gasteiger partial charge is 0.444 e. The first-order valence-corrected chi connectivity index (χ1v) is 9.63. The third-order valence-corrected chi connectivity index (χ3v) is 4.73. The van der Waals surface area contributed by atoms with E-state index < -0.39 is 17.6 Å². The summed E-state index contributed by atoms with van der Waals surface area (Å²) in [6.45, 7) is 5.28. The maximum atomic E-state index is 12.7. The number of aryl methyl sites for hydroxylation is 1. The van der Waals surface area contributed by atoms with E-state index in [1.165, 1.54) is 0 Å². The van der Waals surface area contributed by atoms with Crippen molar-refractivity contribution in [2.45, 2.75) is 26.4 Å². The highest BCUT2D eigenvalue weighted by atomic mass is 79.9. The van der Waals surface area contributed by atoms with Gasteiger partial charge in [0.05, 0.1) is 5.52 Å². The maximum absolute atomic E-state index is 12.7. The number of benzene rings is 1. The van der Waals surface area contributed by atoms with Gasteiger partial charge in [0, 0.05) is 24.3 Å². The van der Waals surface area contributed by atoms with Crippen molar-refractivity contribution in [2.24, 2.45) is 7.05 Å². The maximum Gasteiger partial charge on any atom is 0.412 e. The van der Waals surface area contributed by atoms with Crippen LogP contribution >= 0.6 is 27.3 Å². The minimum absolute atomic E-state index is 0.0962. The fraction of sp³-hybridized carbons (Fsp3) is 0.294. The first kappa shape index (κ1) is 19.3. The number of amides is 2. The average molecular weight is 452 g/mol. The second kappa shape index (κ2) is 7.28. The summed E-state index contributed by atoms with van der Waals surface area (Å²) in [5.41, 5.74) is 0.797. The van der Waals surface area contributed by atoms with E-state index in [0.29, 0.717) is 14.6 Å². The van der Waals surface area contributed by atoms with Crippen LogP contribution in [0, 0.1) is 0 Å². The van der Waals surface area contributed by atoms with Gasteiger partial charge in [-0.25, -0.2) is 9.78 Å². The Labute approximate surface area is 168 Å². The van der Waals surface area contributed by atoms with Crippen molar-refractivity contribution >= 4 is 60.9 Å². The van der Waals surface area contributed by atoms with Crippen LogP contribution in [0.15, 0.2) is 28.3 Å². The van der Waals surface area contributed by atoms with Crippen molar-refractivity contribution in [1.82, 2.24) is 14.8 Å². The molecule has 0 saturated heterocycles. The van der Waals surface area contributed by atoms with Crippen molar-refractivity contribution in [3.05, 3.63) is 34.0 Å². The molecular weight excluding hydrogens is 434 g/mol. The van der Waals surface area contributed by atoms with Crippen molar-refractivity contribution in [3.8, 4) is 0 Å². The first-order chi connectivity index (χ1) is 12.6. The van der Waals surface area contributed by atoms with E-state index in [0.717, 1.165) is 22.2 Å². The van der Waals surface area contributed by atoms with Gasteiger partial charge in [0.1, 0.15) is 10.6 Å². The lowest BCUT2D eigenvalue weighted by atomic mass is 10.2. The highest BCUT2D eigenvalue weighted by molar-refractivity contribution is 9.11. The minimum atomic E-state index is -0.650. The lowest BCUT2D eigenvalue weighted by Crippen LogP contribution is -2.27. The molecule has 0 saturated carbocycles. The smallest absolute Gasteiger partial charge is 0.412 e. The molecule has 2 heterocycles. The van der Waals surface area contributed by atoms with E-state index in [-0.39, 0.29) is 5.69 Å². The fourth-order valence-electron chi connectivity index (χ4n) is 2.34. The highest BCUT2D eigenvalue weighted by Gasteiger charge is 2.22. The molecule has 0 radical (unpaired) electrons. The van der Waals surface area contributed by atoms with Crippen LogP contribution in [0.5, 0.6) is 0 Å². The van der Waals surface area contributed by atoms with Crippen LogP contribution in [0.3, 0.4) is 0 Å². The lowest BCUT2D eigenvalue weighted by molar-refractivity contribution is 0.0636. The van der Waals surface area contributed by atoms with E-state index in [9.17, 15) is 9.59 Å². The standard InChI is InChI=1S/C17H18BrN5O3S/c1-17(2,3)26-16(25)21-14-12(20-15(18)27-14)13(24)19-10-6-5-9-8-23(4)22-11(9)7-10/h5-8H,1-4H3,(H,19,24)(H,21,25). The third kappa shape index (κ3) is 4.83. The molecule has 0 bridgehead atoms. The summed E-state index contributed by atoms with van der Waals surface area (Å²) < 4.78 is 7.40. The Kier molecular flexibility index (Phi) is 5.20. The number of nitrogens with one attached hydrogen (secondary N) is 2.